The molecule has 1 N–H and O–H groups in total. The normalized spacial score (nSPS) is 16.2. The molecule has 0 heterocycles. The first-order chi connectivity index (χ1) is 13.7. The van der Waals surface area contributed by atoms with Gasteiger partial charge in [-0.2, -0.15) is 0 Å². The number of rotatable bonds is 5. The molecule has 5 heteroatoms. The van der Waals surface area contributed by atoms with Gasteiger partial charge in [-0.1, -0.05) is 60.7 Å². The summed E-state index contributed by atoms with van der Waals surface area (Å²) in [5, 5.41) is 2.61. The van der Waals surface area contributed by atoms with Crippen molar-refractivity contribution in [2.45, 2.75) is 38.2 Å². The summed E-state index contributed by atoms with van der Waals surface area (Å²) in [6.07, 6.45) is 2.69. The number of alkyl carbamates (subject to hydrolysis) is 1. The number of ether oxygens (including phenoxy) is 2. The van der Waals surface area contributed by atoms with Crippen molar-refractivity contribution in [2.75, 3.05) is 7.11 Å². The third-order valence-electron chi connectivity index (χ3n) is 5.04. The third kappa shape index (κ3) is 5.22. The van der Waals surface area contributed by atoms with Crippen molar-refractivity contribution in [3.63, 3.8) is 0 Å². The van der Waals surface area contributed by atoms with Crippen molar-refractivity contribution in [1.29, 1.82) is 0 Å². The molecule has 3 rings (SSSR count). The van der Waals surface area contributed by atoms with E-state index in [0.717, 1.165) is 36.8 Å². The van der Waals surface area contributed by atoms with E-state index in [1.165, 1.54) is 12.7 Å². The summed E-state index contributed by atoms with van der Waals surface area (Å²) in [7, 11) is 1.31. The highest BCUT2D eigenvalue weighted by molar-refractivity contribution is 5.93. The van der Waals surface area contributed by atoms with E-state index < -0.39 is 12.1 Å². The van der Waals surface area contributed by atoms with Crippen LogP contribution in [0.15, 0.2) is 71.9 Å². The minimum Gasteiger partial charge on any atom is -0.464 e. The van der Waals surface area contributed by atoms with E-state index in [2.05, 4.69) is 17.4 Å². The first-order valence-corrected chi connectivity index (χ1v) is 9.50. The van der Waals surface area contributed by atoms with Crippen LogP contribution in [0.5, 0.6) is 0 Å². The molecule has 1 amide bonds. The molecule has 5 nitrogen and oxygen atoms in total. The van der Waals surface area contributed by atoms with Crippen LogP contribution in [0.3, 0.4) is 0 Å². The zero-order valence-electron chi connectivity index (χ0n) is 16.0. The zero-order chi connectivity index (χ0) is 19.8. The van der Waals surface area contributed by atoms with Crippen LogP contribution in [0.25, 0.3) is 0 Å². The standard InChI is InChI=1S/C23H25NO4/c1-27-22(25)21(24-23(26)28-16-17-8-4-2-5-9-17)20-14-12-19(13-15-20)18-10-6-3-7-11-18/h2-11,19H,12-16H2,1H3,(H,24,26). The summed E-state index contributed by atoms with van der Waals surface area (Å²) in [6.45, 7) is 0.145. The Balaban J connectivity index is 1.63. The van der Waals surface area contributed by atoms with Crippen molar-refractivity contribution in [3.8, 4) is 0 Å². The number of amides is 1. The maximum atomic E-state index is 12.2. The van der Waals surface area contributed by atoms with E-state index in [1.807, 2.05) is 48.5 Å². The summed E-state index contributed by atoms with van der Waals surface area (Å²) in [4.78, 5) is 24.4. The van der Waals surface area contributed by atoms with E-state index in [9.17, 15) is 9.59 Å². The topological polar surface area (TPSA) is 64.6 Å². The van der Waals surface area contributed by atoms with Gasteiger partial charge in [0.05, 0.1) is 7.11 Å². The van der Waals surface area contributed by atoms with Crippen LogP contribution in [0.1, 0.15) is 42.7 Å². The Labute approximate surface area is 165 Å². The van der Waals surface area contributed by atoms with Crippen LogP contribution in [0, 0.1) is 0 Å². The lowest BCUT2D eigenvalue weighted by molar-refractivity contribution is -0.136. The predicted octanol–water partition coefficient (Wildman–Crippen LogP) is 4.70. The largest absolute Gasteiger partial charge is 0.464 e. The quantitative estimate of drug-likeness (QED) is 0.604. The summed E-state index contributed by atoms with van der Waals surface area (Å²) < 4.78 is 10.1. The highest BCUT2D eigenvalue weighted by atomic mass is 16.6. The van der Waals surface area contributed by atoms with Crippen LogP contribution in [-0.4, -0.2) is 19.2 Å². The smallest absolute Gasteiger partial charge is 0.412 e. The molecule has 1 aliphatic carbocycles. The molecule has 0 radical (unpaired) electrons. The van der Waals surface area contributed by atoms with Gasteiger partial charge in [0.1, 0.15) is 12.3 Å². The van der Waals surface area contributed by atoms with Crippen LogP contribution in [0.2, 0.25) is 0 Å². The minimum absolute atomic E-state index is 0.145. The molecular weight excluding hydrogens is 354 g/mol. The van der Waals surface area contributed by atoms with Gasteiger partial charge in [-0.25, -0.2) is 9.59 Å². The summed E-state index contributed by atoms with van der Waals surface area (Å²) in [5.41, 5.74) is 3.33. The monoisotopic (exact) mass is 379 g/mol. The van der Waals surface area contributed by atoms with Gasteiger partial charge in [-0.05, 0) is 48.3 Å². The summed E-state index contributed by atoms with van der Waals surface area (Å²) in [6, 6.07) is 19.8. The minimum atomic E-state index is -0.651. The molecule has 1 saturated carbocycles. The second-order valence-corrected chi connectivity index (χ2v) is 6.84. The maximum Gasteiger partial charge on any atom is 0.412 e. The Bertz CT molecular complexity index is 820. The van der Waals surface area contributed by atoms with Gasteiger partial charge < -0.3 is 9.47 Å². The van der Waals surface area contributed by atoms with E-state index in [4.69, 9.17) is 9.47 Å². The van der Waals surface area contributed by atoms with Gasteiger partial charge in [0, 0.05) is 0 Å². The fourth-order valence-corrected chi connectivity index (χ4v) is 3.52. The molecule has 28 heavy (non-hydrogen) atoms. The van der Waals surface area contributed by atoms with Crippen LogP contribution < -0.4 is 5.32 Å². The van der Waals surface area contributed by atoms with E-state index >= 15 is 0 Å². The van der Waals surface area contributed by atoms with E-state index in [0.29, 0.717) is 5.92 Å². The van der Waals surface area contributed by atoms with E-state index in [-0.39, 0.29) is 12.3 Å². The predicted molar refractivity (Wildman–Crippen MR) is 106 cm³/mol. The van der Waals surface area contributed by atoms with Crippen molar-refractivity contribution in [2.24, 2.45) is 0 Å². The summed E-state index contributed by atoms with van der Waals surface area (Å²) >= 11 is 0. The van der Waals surface area contributed by atoms with Crippen molar-refractivity contribution in [1.82, 2.24) is 5.32 Å². The molecule has 0 aliphatic heterocycles. The second kappa shape index (κ2) is 9.74. The Kier molecular flexibility index (Phi) is 6.84. The first kappa shape index (κ1) is 19.7. The number of hydrogen-bond donors (Lipinski definition) is 1. The highest BCUT2D eigenvalue weighted by Gasteiger charge is 2.25. The lowest BCUT2D eigenvalue weighted by atomic mass is 9.81. The Hall–Kier alpha value is -3.08. The van der Waals surface area contributed by atoms with Crippen LogP contribution in [0.4, 0.5) is 4.79 Å². The number of carbonyl (C=O) groups is 2. The molecule has 0 atom stereocenters. The fourth-order valence-electron chi connectivity index (χ4n) is 3.52. The molecule has 0 spiro atoms. The third-order valence-corrected chi connectivity index (χ3v) is 5.04. The maximum absolute atomic E-state index is 12.2. The Morgan fingerprint density at radius 2 is 1.57 bits per heavy atom. The number of carbonyl (C=O) groups excluding carboxylic acids is 2. The molecule has 1 aliphatic rings. The lowest BCUT2D eigenvalue weighted by Crippen LogP contribution is -2.30. The number of methoxy groups -OCH3 is 1. The van der Waals surface area contributed by atoms with Gasteiger partial charge in [0.15, 0.2) is 0 Å². The Morgan fingerprint density at radius 1 is 0.964 bits per heavy atom. The number of esters is 1. The average molecular weight is 379 g/mol. The summed E-state index contributed by atoms with van der Waals surface area (Å²) in [5.74, 6) is -0.0706. The molecule has 0 unspecified atom stereocenters. The molecule has 2 aromatic carbocycles. The molecule has 1 fully saturated rings. The lowest BCUT2D eigenvalue weighted by Gasteiger charge is -2.26. The van der Waals surface area contributed by atoms with Crippen LogP contribution in [-0.2, 0) is 20.9 Å². The van der Waals surface area contributed by atoms with E-state index in [1.54, 1.807) is 0 Å². The first-order valence-electron chi connectivity index (χ1n) is 9.50. The van der Waals surface area contributed by atoms with Crippen molar-refractivity contribution >= 4 is 12.1 Å². The molecule has 0 aromatic heterocycles. The van der Waals surface area contributed by atoms with Crippen molar-refractivity contribution in [3.05, 3.63) is 83.1 Å². The van der Waals surface area contributed by atoms with Gasteiger partial charge in [-0.15, -0.1) is 0 Å². The van der Waals surface area contributed by atoms with Crippen molar-refractivity contribution < 1.29 is 19.1 Å². The van der Waals surface area contributed by atoms with Gasteiger partial charge >= 0.3 is 12.1 Å². The SMILES string of the molecule is COC(=O)C(NC(=O)OCc1ccccc1)=C1CCC(c2ccccc2)CC1. The average Bonchev–Trinajstić information content (AvgIpc) is 2.77. The molecule has 146 valence electrons. The number of hydrogen-bond acceptors (Lipinski definition) is 4. The molecular formula is C23H25NO4. The fraction of sp³-hybridized carbons (Fsp3) is 0.304. The Morgan fingerprint density at radius 3 is 2.18 bits per heavy atom. The van der Waals surface area contributed by atoms with Crippen LogP contribution >= 0.6 is 0 Å². The molecule has 0 saturated heterocycles. The zero-order valence-corrected chi connectivity index (χ0v) is 16.0. The number of nitrogens with one attached hydrogen (secondary N) is 1. The second-order valence-electron chi connectivity index (χ2n) is 6.84. The number of benzene rings is 2. The highest BCUT2D eigenvalue weighted by Crippen LogP contribution is 2.36. The van der Waals surface area contributed by atoms with Gasteiger partial charge in [0.2, 0.25) is 0 Å². The van der Waals surface area contributed by atoms with Gasteiger partial charge in [0.25, 0.3) is 0 Å². The molecule has 0 bridgehead atoms. The number of allylic oxidation sites excluding steroid dienone is 1. The molecule has 2 aromatic rings. The van der Waals surface area contributed by atoms with Gasteiger partial charge in [-0.3, -0.25) is 5.32 Å².